The van der Waals surface area contributed by atoms with E-state index in [-0.39, 0.29) is 0 Å². The molecule has 0 saturated carbocycles. The summed E-state index contributed by atoms with van der Waals surface area (Å²) in [5, 5.41) is 8.61. The van der Waals surface area contributed by atoms with Gasteiger partial charge in [-0.15, -0.1) is 5.10 Å². The van der Waals surface area contributed by atoms with E-state index in [2.05, 4.69) is 24.1 Å². The molecule has 0 spiro atoms. The minimum atomic E-state index is -0.494. The van der Waals surface area contributed by atoms with Gasteiger partial charge in [0, 0.05) is 11.4 Å². The molecule has 0 radical (unpaired) electrons. The molecular weight excluding hydrogens is 428 g/mol. The summed E-state index contributed by atoms with van der Waals surface area (Å²) >= 11 is 1.61. The van der Waals surface area contributed by atoms with Crippen LogP contribution in [0.15, 0.2) is 34.6 Å². The molecule has 2 heterocycles. The number of hydrogen-bond acceptors (Lipinski definition) is 8. The van der Waals surface area contributed by atoms with Crippen molar-refractivity contribution in [3.05, 3.63) is 35.0 Å². The first-order valence-electron chi connectivity index (χ1n) is 11.1. The zero-order valence-corrected chi connectivity index (χ0v) is 20.3. The molecule has 0 saturated heterocycles. The SMILES string of the molecule is CCCCSc1nc2n(n1)C(c1ccc(OCCC)c(OCC)c1)C(C(=O)OC)=C(C)N2. The second-order valence-electron chi connectivity index (χ2n) is 7.41. The Morgan fingerprint density at radius 1 is 1.19 bits per heavy atom. The Morgan fingerprint density at radius 3 is 2.69 bits per heavy atom. The highest BCUT2D eigenvalue weighted by Gasteiger charge is 2.35. The van der Waals surface area contributed by atoms with Crippen molar-refractivity contribution in [2.24, 2.45) is 0 Å². The Bertz CT molecular complexity index is 973. The van der Waals surface area contributed by atoms with Crippen LogP contribution in [-0.2, 0) is 9.53 Å². The molecule has 1 unspecified atom stereocenters. The summed E-state index contributed by atoms with van der Waals surface area (Å²) in [6, 6.07) is 5.24. The number of rotatable bonds is 11. The first kappa shape index (κ1) is 24.0. The molecule has 9 heteroatoms. The van der Waals surface area contributed by atoms with Gasteiger partial charge in [0.15, 0.2) is 11.5 Å². The van der Waals surface area contributed by atoms with Crippen LogP contribution in [0.1, 0.15) is 58.6 Å². The lowest BCUT2D eigenvalue weighted by molar-refractivity contribution is -0.136. The molecule has 2 aromatic rings. The molecule has 3 rings (SSSR count). The molecule has 1 aromatic carbocycles. The fourth-order valence-electron chi connectivity index (χ4n) is 3.48. The van der Waals surface area contributed by atoms with Crippen molar-refractivity contribution < 1.29 is 19.0 Å². The number of fused-ring (bicyclic) bond motifs is 1. The number of nitrogens with zero attached hydrogens (tertiary/aromatic N) is 3. The van der Waals surface area contributed by atoms with Gasteiger partial charge >= 0.3 is 5.97 Å². The molecule has 8 nitrogen and oxygen atoms in total. The van der Waals surface area contributed by atoms with Gasteiger partial charge in [-0.3, -0.25) is 0 Å². The van der Waals surface area contributed by atoms with Crippen molar-refractivity contribution in [3.63, 3.8) is 0 Å². The van der Waals surface area contributed by atoms with Crippen LogP contribution in [0, 0.1) is 0 Å². The minimum Gasteiger partial charge on any atom is -0.490 e. The van der Waals surface area contributed by atoms with Gasteiger partial charge in [0.25, 0.3) is 0 Å². The first-order valence-corrected chi connectivity index (χ1v) is 12.1. The normalized spacial score (nSPS) is 15.2. The average molecular weight is 461 g/mol. The maximum Gasteiger partial charge on any atom is 0.338 e. The number of unbranched alkanes of at least 4 members (excludes halogenated alkanes) is 1. The van der Waals surface area contributed by atoms with E-state index in [1.807, 2.05) is 32.0 Å². The quantitative estimate of drug-likeness (QED) is 0.290. The predicted molar refractivity (Wildman–Crippen MR) is 126 cm³/mol. The maximum absolute atomic E-state index is 12.8. The largest absolute Gasteiger partial charge is 0.490 e. The second kappa shape index (κ2) is 11.3. The lowest BCUT2D eigenvalue weighted by atomic mass is 9.95. The number of benzene rings is 1. The summed E-state index contributed by atoms with van der Waals surface area (Å²) in [4.78, 5) is 17.4. The van der Waals surface area contributed by atoms with Gasteiger partial charge in [0.05, 0.1) is 25.9 Å². The lowest BCUT2D eigenvalue weighted by Gasteiger charge is -2.28. The molecule has 1 atom stereocenters. The number of methoxy groups -OCH3 is 1. The zero-order valence-electron chi connectivity index (χ0n) is 19.4. The third-order valence-corrected chi connectivity index (χ3v) is 5.94. The topological polar surface area (TPSA) is 87.5 Å². The molecular formula is C23H32N4O4S. The third kappa shape index (κ3) is 5.20. The third-order valence-electron chi connectivity index (χ3n) is 5.01. The van der Waals surface area contributed by atoms with Gasteiger partial charge in [-0.2, -0.15) is 4.98 Å². The van der Waals surface area contributed by atoms with E-state index in [4.69, 9.17) is 19.3 Å². The van der Waals surface area contributed by atoms with Crippen molar-refractivity contribution in [2.45, 2.75) is 58.2 Å². The fourth-order valence-corrected chi connectivity index (χ4v) is 4.39. The van der Waals surface area contributed by atoms with Crippen molar-refractivity contribution in [1.29, 1.82) is 0 Å². The van der Waals surface area contributed by atoms with Crippen molar-refractivity contribution in [1.82, 2.24) is 14.8 Å². The molecule has 0 aliphatic carbocycles. The van der Waals surface area contributed by atoms with Crippen LogP contribution < -0.4 is 14.8 Å². The van der Waals surface area contributed by atoms with E-state index in [0.29, 0.717) is 47.1 Å². The average Bonchev–Trinajstić information content (AvgIpc) is 3.19. The number of ether oxygens (including phenoxy) is 3. The van der Waals surface area contributed by atoms with Crippen LogP contribution in [0.3, 0.4) is 0 Å². The van der Waals surface area contributed by atoms with Gasteiger partial charge in [-0.25, -0.2) is 9.48 Å². The molecule has 32 heavy (non-hydrogen) atoms. The zero-order chi connectivity index (χ0) is 23.1. The Hall–Kier alpha value is -2.68. The number of anilines is 1. The predicted octanol–water partition coefficient (Wildman–Crippen LogP) is 4.82. The van der Waals surface area contributed by atoms with E-state index >= 15 is 0 Å². The van der Waals surface area contributed by atoms with E-state index in [0.717, 1.165) is 30.6 Å². The Labute approximate surface area is 193 Å². The first-order chi connectivity index (χ1) is 15.5. The number of hydrogen-bond donors (Lipinski definition) is 1. The number of nitrogens with one attached hydrogen (secondary N) is 1. The summed E-state index contributed by atoms with van der Waals surface area (Å²) in [6.45, 7) is 9.10. The highest BCUT2D eigenvalue weighted by Crippen LogP contribution is 2.40. The van der Waals surface area contributed by atoms with Gasteiger partial charge in [-0.1, -0.05) is 38.1 Å². The van der Waals surface area contributed by atoms with Gasteiger partial charge in [0.2, 0.25) is 11.1 Å². The summed E-state index contributed by atoms with van der Waals surface area (Å²) in [7, 11) is 1.38. The minimum absolute atomic E-state index is 0.411. The van der Waals surface area contributed by atoms with Crippen LogP contribution in [0.25, 0.3) is 0 Å². The lowest BCUT2D eigenvalue weighted by Crippen LogP contribution is -2.29. The van der Waals surface area contributed by atoms with Crippen LogP contribution in [0.5, 0.6) is 11.5 Å². The Morgan fingerprint density at radius 2 is 2.00 bits per heavy atom. The fraction of sp³-hybridized carbons (Fsp3) is 0.522. The van der Waals surface area contributed by atoms with Crippen molar-refractivity contribution in [3.8, 4) is 11.5 Å². The van der Waals surface area contributed by atoms with E-state index in [1.165, 1.54) is 7.11 Å². The van der Waals surface area contributed by atoms with E-state index in [1.54, 1.807) is 16.4 Å². The number of thioether (sulfide) groups is 1. The summed E-state index contributed by atoms with van der Waals surface area (Å²) in [5.41, 5.74) is 2.02. The van der Waals surface area contributed by atoms with Crippen LogP contribution >= 0.6 is 11.8 Å². The summed E-state index contributed by atoms with van der Waals surface area (Å²) in [6.07, 6.45) is 3.10. The van der Waals surface area contributed by atoms with Crippen LogP contribution in [-0.4, -0.2) is 46.8 Å². The van der Waals surface area contributed by atoms with Crippen molar-refractivity contribution in [2.75, 3.05) is 31.4 Å². The Kier molecular flexibility index (Phi) is 8.44. The highest BCUT2D eigenvalue weighted by molar-refractivity contribution is 7.99. The van der Waals surface area contributed by atoms with Gasteiger partial charge in [0.1, 0.15) is 6.04 Å². The van der Waals surface area contributed by atoms with E-state index < -0.39 is 12.0 Å². The van der Waals surface area contributed by atoms with Crippen LogP contribution in [0.4, 0.5) is 5.95 Å². The molecule has 1 aromatic heterocycles. The molecule has 1 aliphatic heterocycles. The standard InChI is InChI=1S/C23H32N4O4S/c1-6-9-13-32-23-25-22-24-15(4)19(21(28)29-5)20(27(22)26-23)16-10-11-17(31-12-7-2)18(14-16)30-8-3/h10-11,14,20H,6-9,12-13H2,1-5H3,(H,24,25,26). The number of allylic oxidation sites excluding steroid dienone is 1. The molecule has 174 valence electrons. The number of carbonyl (C=O) groups excluding carboxylic acids is 1. The molecule has 0 fully saturated rings. The molecule has 1 N–H and O–H groups in total. The van der Waals surface area contributed by atoms with Gasteiger partial charge < -0.3 is 19.5 Å². The highest BCUT2D eigenvalue weighted by atomic mass is 32.2. The molecule has 0 bridgehead atoms. The number of aromatic nitrogens is 3. The van der Waals surface area contributed by atoms with Crippen molar-refractivity contribution >= 4 is 23.7 Å². The summed E-state index contributed by atoms with van der Waals surface area (Å²) in [5.74, 6) is 2.45. The number of esters is 1. The monoisotopic (exact) mass is 460 g/mol. The smallest absolute Gasteiger partial charge is 0.338 e. The molecule has 0 amide bonds. The van der Waals surface area contributed by atoms with E-state index in [9.17, 15) is 4.79 Å². The second-order valence-corrected chi connectivity index (χ2v) is 8.47. The number of carbonyl (C=O) groups is 1. The summed E-state index contributed by atoms with van der Waals surface area (Å²) < 4.78 is 18.6. The Balaban J connectivity index is 2.06. The maximum atomic E-state index is 12.8. The van der Waals surface area contributed by atoms with Gasteiger partial charge in [-0.05, 0) is 44.4 Å². The van der Waals surface area contributed by atoms with Crippen LogP contribution in [0.2, 0.25) is 0 Å². The molecule has 1 aliphatic rings.